The van der Waals surface area contributed by atoms with Crippen LogP contribution < -0.4 is 14.2 Å². The zero-order valence-corrected chi connectivity index (χ0v) is 15.4. The summed E-state index contributed by atoms with van der Waals surface area (Å²) in [5.74, 6) is -1.17. The number of alkyl halides is 3. The van der Waals surface area contributed by atoms with Gasteiger partial charge in [0.05, 0.1) is 17.7 Å². The van der Waals surface area contributed by atoms with E-state index in [4.69, 9.17) is 30.9 Å². The number of rotatable bonds is 4. The molecule has 0 bridgehead atoms. The van der Waals surface area contributed by atoms with E-state index in [1.165, 1.54) is 19.2 Å². The van der Waals surface area contributed by atoms with Crippen molar-refractivity contribution in [3.8, 4) is 23.0 Å². The van der Waals surface area contributed by atoms with Gasteiger partial charge in [-0.15, -0.1) is 0 Å². The first-order chi connectivity index (χ1) is 13.1. The molecule has 0 radical (unpaired) electrons. The van der Waals surface area contributed by atoms with Crippen LogP contribution in [0.1, 0.15) is 11.1 Å². The monoisotopic (exact) mass is 414 g/mol. The summed E-state index contributed by atoms with van der Waals surface area (Å²) in [7, 11) is 1.45. The number of fused-ring (bicyclic) bond motifs is 1. The second kappa shape index (κ2) is 7.27. The molecule has 1 unspecified atom stereocenters. The van der Waals surface area contributed by atoms with Crippen LogP contribution in [0.4, 0.5) is 13.2 Å². The van der Waals surface area contributed by atoms with Gasteiger partial charge in [-0.25, -0.2) is 4.79 Å². The van der Waals surface area contributed by atoms with Crippen LogP contribution in [0.2, 0.25) is 5.02 Å². The number of hydrogen-bond donors (Lipinski definition) is 1. The summed E-state index contributed by atoms with van der Waals surface area (Å²) in [4.78, 5) is 11.2. The molecule has 1 aliphatic rings. The third-order valence-electron chi connectivity index (χ3n) is 3.99. The Balaban J connectivity index is 2.02. The highest BCUT2D eigenvalue weighted by Crippen LogP contribution is 2.43. The Morgan fingerprint density at radius 1 is 1.18 bits per heavy atom. The molecule has 0 amide bonds. The lowest BCUT2D eigenvalue weighted by atomic mass is 10.0. The van der Waals surface area contributed by atoms with Gasteiger partial charge >= 0.3 is 12.1 Å². The van der Waals surface area contributed by atoms with Gasteiger partial charge in [0.25, 0.3) is 0 Å². The van der Waals surface area contributed by atoms with Crippen molar-refractivity contribution in [1.29, 1.82) is 0 Å². The largest absolute Gasteiger partial charge is 0.493 e. The van der Waals surface area contributed by atoms with Gasteiger partial charge in [-0.2, -0.15) is 13.2 Å². The van der Waals surface area contributed by atoms with Crippen LogP contribution in [-0.2, 0) is 4.79 Å². The van der Waals surface area contributed by atoms with Crippen LogP contribution in [0.25, 0.3) is 6.08 Å². The Hall–Kier alpha value is -2.87. The van der Waals surface area contributed by atoms with Gasteiger partial charge in [0.2, 0.25) is 6.10 Å². The van der Waals surface area contributed by atoms with Gasteiger partial charge in [-0.05, 0) is 36.8 Å². The van der Waals surface area contributed by atoms with Gasteiger partial charge in [0.15, 0.2) is 11.5 Å². The maximum Gasteiger partial charge on any atom is 0.430 e. The molecule has 0 aromatic heterocycles. The molecular weight excluding hydrogens is 401 g/mol. The van der Waals surface area contributed by atoms with Crippen molar-refractivity contribution in [1.82, 2.24) is 0 Å². The first-order valence-corrected chi connectivity index (χ1v) is 8.32. The second-order valence-electron chi connectivity index (χ2n) is 6.02. The molecule has 9 heteroatoms. The first-order valence-electron chi connectivity index (χ1n) is 7.94. The van der Waals surface area contributed by atoms with Crippen molar-refractivity contribution < 1.29 is 37.3 Å². The first kappa shape index (κ1) is 19.9. The molecule has 0 saturated carbocycles. The van der Waals surface area contributed by atoms with E-state index in [1.54, 1.807) is 18.2 Å². The normalized spacial score (nSPS) is 15.9. The topological polar surface area (TPSA) is 65.0 Å². The number of methoxy groups -OCH3 is 1. The Morgan fingerprint density at radius 2 is 1.89 bits per heavy atom. The number of benzene rings is 2. The third kappa shape index (κ3) is 3.87. The molecule has 28 heavy (non-hydrogen) atoms. The Bertz CT molecular complexity index is 969. The van der Waals surface area contributed by atoms with Crippen LogP contribution in [0, 0.1) is 6.92 Å². The summed E-state index contributed by atoms with van der Waals surface area (Å²) >= 11 is 6.17. The number of hydrogen-bond acceptors (Lipinski definition) is 4. The van der Waals surface area contributed by atoms with Crippen molar-refractivity contribution in [3.63, 3.8) is 0 Å². The van der Waals surface area contributed by atoms with E-state index in [0.29, 0.717) is 11.5 Å². The van der Waals surface area contributed by atoms with Gasteiger partial charge in [0.1, 0.15) is 11.5 Å². The van der Waals surface area contributed by atoms with Crippen molar-refractivity contribution >= 4 is 23.6 Å². The zero-order chi connectivity index (χ0) is 20.6. The predicted octanol–water partition coefficient (Wildman–Crippen LogP) is 5.24. The van der Waals surface area contributed by atoms with Crippen molar-refractivity contribution in [2.24, 2.45) is 0 Å². The molecule has 0 saturated heterocycles. The molecule has 0 spiro atoms. The lowest BCUT2D eigenvalue weighted by Crippen LogP contribution is -2.40. The van der Waals surface area contributed by atoms with Crippen LogP contribution in [0.15, 0.2) is 35.9 Å². The van der Waals surface area contributed by atoms with Crippen LogP contribution in [0.3, 0.4) is 0 Å². The number of carboxylic acids is 1. The van der Waals surface area contributed by atoms with Gasteiger partial charge in [-0.3, -0.25) is 0 Å². The fourth-order valence-electron chi connectivity index (χ4n) is 2.67. The molecule has 0 aliphatic carbocycles. The highest BCUT2D eigenvalue weighted by atomic mass is 35.5. The molecule has 1 heterocycles. The molecule has 2 aromatic carbocycles. The van der Waals surface area contributed by atoms with E-state index < -0.39 is 23.8 Å². The Morgan fingerprint density at radius 3 is 2.50 bits per heavy atom. The standard InChI is InChI=1S/C19H14ClF3O5/c1-9-3-4-13(16(5-9)26-2)27-15-8-14-10(7-12(15)20)6-11(18(24)25)17(28-14)19(21,22)23/h3-8,17H,1-2H3,(H,24,25). The fraction of sp³-hybridized carbons (Fsp3) is 0.211. The Kier molecular flexibility index (Phi) is 5.16. The van der Waals surface area contributed by atoms with E-state index in [0.717, 1.165) is 11.6 Å². The quantitative estimate of drug-likeness (QED) is 0.741. The summed E-state index contributed by atoms with van der Waals surface area (Å²) < 4.78 is 55.5. The molecule has 5 nitrogen and oxygen atoms in total. The zero-order valence-electron chi connectivity index (χ0n) is 14.6. The summed E-state index contributed by atoms with van der Waals surface area (Å²) in [6, 6.07) is 7.58. The molecule has 1 atom stereocenters. The molecule has 1 N–H and O–H groups in total. The molecule has 0 fully saturated rings. The van der Waals surface area contributed by atoms with Gasteiger partial charge in [0, 0.05) is 11.6 Å². The lowest BCUT2D eigenvalue weighted by molar-refractivity contribution is -0.187. The number of aliphatic carboxylic acids is 1. The van der Waals surface area contributed by atoms with E-state index in [2.05, 4.69) is 0 Å². The van der Waals surface area contributed by atoms with Crippen molar-refractivity contribution in [2.75, 3.05) is 7.11 Å². The lowest BCUT2D eigenvalue weighted by Gasteiger charge is -2.27. The van der Waals surface area contributed by atoms with Crippen molar-refractivity contribution in [3.05, 3.63) is 52.1 Å². The minimum atomic E-state index is -4.90. The maximum absolute atomic E-state index is 13.2. The maximum atomic E-state index is 13.2. The number of carbonyl (C=O) groups is 1. The molecular formula is C19H14ClF3O5. The average molecular weight is 415 g/mol. The summed E-state index contributed by atoms with van der Waals surface area (Å²) in [5.41, 5.74) is 0.0967. The number of ether oxygens (including phenoxy) is 3. The van der Waals surface area contributed by atoms with E-state index in [9.17, 15) is 18.0 Å². The minimum absolute atomic E-state index is 0.0377. The number of aryl methyl sites for hydroxylation is 1. The number of carboxylic acid groups (broad SMARTS) is 1. The molecule has 148 valence electrons. The van der Waals surface area contributed by atoms with Crippen LogP contribution >= 0.6 is 11.6 Å². The van der Waals surface area contributed by atoms with Gasteiger partial charge < -0.3 is 19.3 Å². The van der Waals surface area contributed by atoms with Crippen LogP contribution in [-0.4, -0.2) is 30.5 Å². The molecule has 2 aromatic rings. The summed E-state index contributed by atoms with van der Waals surface area (Å²) in [6.45, 7) is 1.86. The Labute approximate surface area is 162 Å². The minimum Gasteiger partial charge on any atom is -0.493 e. The molecule has 3 rings (SSSR count). The summed E-state index contributed by atoms with van der Waals surface area (Å²) in [6.07, 6.45) is -6.61. The third-order valence-corrected chi connectivity index (χ3v) is 4.28. The number of halogens is 4. The van der Waals surface area contributed by atoms with Crippen LogP contribution in [0.5, 0.6) is 23.0 Å². The molecule has 1 aliphatic heterocycles. The SMILES string of the molecule is COc1cc(C)ccc1Oc1cc2c(cc1Cl)C=C(C(=O)O)C(C(F)(F)F)O2. The van der Waals surface area contributed by atoms with E-state index in [-0.39, 0.29) is 22.1 Å². The highest BCUT2D eigenvalue weighted by molar-refractivity contribution is 6.32. The fourth-order valence-corrected chi connectivity index (χ4v) is 2.88. The van der Waals surface area contributed by atoms with E-state index >= 15 is 0 Å². The average Bonchev–Trinajstić information content (AvgIpc) is 2.61. The van der Waals surface area contributed by atoms with Crippen molar-refractivity contribution in [2.45, 2.75) is 19.2 Å². The second-order valence-corrected chi connectivity index (χ2v) is 6.43. The summed E-state index contributed by atoms with van der Waals surface area (Å²) in [5, 5.41) is 9.14. The van der Waals surface area contributed by atoms with Gasteiger partial charge in [-0.1, -0.05) is 17.7 Å². The highest BCUT2D eigenvalue weighted by Gasteiger charge is 2.48. The smallest absolute Gasteiger partial charge is 0.430 e. The predicted molar refractivity (Wildman–Crippen MR) is 95.3 cm³/mol. The van der Waals surface area contributed by atoms with E-state index in [1.807, 2.05) is 6.92 Å².